The van der Waals surface area contributed by atoms with Gasteiger partial charge in [0.2, 0.25) is 0 Å². The van der Waals surface area contributed by atoms with Crippen LogP contribution in [0.2, 0.25) is 0 Å². The van der Waals surface area contributed by atoms with Crippen molar-refractivity contribution < 1.29 is 9.47 Å². The molecule has 0 N–H and O–H groups in total. The normalized spacial score (nSPS) is 17.7. The van der Waals surface area contributed by atoms with Gasteiger partial charge in [0.25, 0.3) is 0 Å². The Kier molecular flexibility index (Phi) is 8.56. The van der Waals surface area contributed by atoms with Crippen molar-refractivity contribution in [1.82, 2.24) is 0 Å². The van der Waals surface area contributed by atoms with Crippen molar-refractivity contribution >= 4 is 12.2 Å². The molecule has 3 rings (SSSR count). The molecule has 0 fully saturated rings. The van der Waals surface area contributed by atoms with Crippen LogP contribution in [0.4, 0.5) is 0 Å². The molecule has 0 aliphatic heterocycles. The standard InChI is InChI=1S/C30H36O2/c1-6-8-24-9-14-26(15-10-24)27-16-11-25(12-17-27)13-18-28-20-29(31-5)23(4)19-30(28)32-21-22(3)7-2/h6,8-19,22,28H,7,20-21H2,1-5H3/b8-6+,18-13+. The number of rotatable bonds is 9. The van der Waals surface area contributed by atoms with Gasteiger partial charge in [0.15, 0.2) is 0 Å². The van der Waals surface area contributed by atoms with Gasteiger partial charge in [-0.1, -0.05) is 93.1 Å². The van der Waals surface area contributed by atoms with E-state index in [1.807, 2.05) is 6.92 Å². The smallest absolute Gasteiger partial charge is 0.104 e. The fourth-order valence-electron chi connectivity index (χ4n) is 3.77. The molecule has 0 spiro atoms. The van der Waals surface area contributed by atoms with E-state index in [9.17, 15) is 0 Å². The molecular weight excluding hydrogens is 392 g/mol. The summed E-state index contributed by atoms with van der Waals surface area (Å²) in [5.41, 5.74) is 6.02. The Balaban J connectivity index is 1.72. The average molecular weight is 429 g/mol. The highest BCUT2D eigenvalue weighted by molar-refractivity contribution is 5.67. The number of methoxy groups -OCH3 is 1. The van der Waals surface area contributed by atoms with E-state index in [2.05, 4.69) is 99.7 Å². The number of hydrogen-bond acceptors (Lipinski definition) is 2. The van der Waals surface area contributed by atoms with E-state index in [0.717, 1.165) is 36.5 Å². The summed E-state index contributed by atoms with van der Waals surface area (Å²) in [6.45, 7) is 9.32. The summed E-state index contributed by atoms with van der Waals surface area (Å²) in [6.07, 6.45) is 12.7. The van der Waals surface area contributed by atoms with Gasteiger partial charge in [-0.25, -0.2) is 0 Å². The third-order valence-electron chi connectivity index (χ3n) is 6.08. The van der Waals surface area contributed by atoms with Crippen LogP contribution in [0.3, 0.4) is 0 Å². The molecule has 2 atom stereocenters. The molecule has 2 unspecified atom stereocenters. The zero-order chi connectivity index (χ0) is 22.9. The summed E-state index contributed by atoms with van der Waals surface area (Å²) < 4.78 is 11.8. The Morgan fingerprint density at radius 2 is 1.56 bits per heavy atom. The molecule has 0 aromatic heterocycles. The summed E-state index contributed by atoms with van der Waals surface area (Å²) in [6, 6.07) is 17.4. The van der Waals surface area contributed by atoms with Crippen LogP contribution in [-0.2, 0) is 9.47 Å². The van der Waals surface area contributed by atoms with Crippen molar-refractivity contribution in [2.75, 3.05) is 13.7 Å². The van der Waals surface area contributed by atoms with E-state index in [4.69, 9.17) is 9.47 Å². The molecule has 0 amide bonds. The van der Waals surface area contributed by atoms with Crippen molar-refractivity contribution in [2.24, 2.45) is 11.8 Å². The Labute approximate surface area is 194 Å². The molecule has 2 aromatic rings. The van der Waals surface area contributed by atoms with Gasteiger partial charge < -0.3 is 9.47 Å². The predicted molar refractivity (Wildman–Crippen MR) is 137 cm³/mol. The third kappa shape index (κ3) is 6.26. The lowest BCUT2D eigenvalue weighted by atomic mass is 9.92. The van der Waals surface area contributed by atoms with Crippen LogP contribution in [0.5, 0.6) is 0 Å². The van der Waals surface area contributed by atoms with Crippen molar-refractivity contribution in [3.8, 4) is 11.1 Å². The van der Waals surface area contributed by atoms with Gasteiger partial charge in [0.1, 0.15) is 5.76 Å². The van der Waals surface area contributed by atoms with Gasteiger partial charge in [-0.2, -0.15) is 0 Å². The predicted octanol–water partition coefficient (Wildman–Crippen LogP) is 8.29. The van der Waals surface area contributed by atoms with E-state index in [1.165, 1.54) is 22.3 Å². The maximum atomic E-state index is 6.22. The fraction of sp³-hybridized carbons (Fsp3) is 0.333. The Bertz CT molecular complexity index is 988. The summed E-state index contributed by atoms with van der Waals surface area (Å²) in [7, 11) is 1.75. The van der Waals surface area contributed by atoms with Crippen molar-refractivity contribution in [3.63, 3.8) is 0 Å². The summed E-state index contributed by atoms with van der Waals surface area (Å²) >= 11 is 0. The van der Waals surface area contributed by atoms with E-state index >= 15 is 0 Å². The second kappa shape index (κ2) is 11.6. The number of hydrogen-bond donors (Lipinski definition) is 0. The maximum Gasteiger partial charge on any atom is 0.104 e. The van der Waals surface area contributed by atoms with Gasteiger partial charge in [-0.05, 0) is 53.7 Å². The fourth-order valence-corrected chi connectivity index (χ4v) is 3.77. The molecule has 2 heteroatoms. The quantitative estimate of drug-likeness (QED) is 0.400. The molecule has 0 radical (unpaired) electrons. The second-order valence-corrected chi connectivity index (χ2v) is 8.60. The summed E-state index contributed by atoms with van der Waals surface area (Å²) in [4.78, 5) is 0. The minimum absolute atomic E-state index is 0.191. The average Bonchev–Trinajstić information content (AvgIpc) is 2.82. The van der Waals surface area contributed by atoms with Crippen molar-refractivity contribution in [2.45, 2.75) is 40.5 Å². The number of benzene rings is 2. The lowest BCUT2D eigenvalue weighted by Crippen LogP contribution is -2.15. The minimum atomic E-state index is 0.191. The van der Waals surface area contributed by atoms with Gasteiger partial charge >= 0.3 is 0 Å². The minimum Gasteiger partial charge on any atom is -0.501 e. The van der Waals surface area contributed by atoms with Crippen LogP contribution in [0.25, 0.3) is 23.3 Å². The summed E-state index contributed by atoms with van der Waals surface area (Å²) in [5, 5.41) is 0. The highest BCUT2D eigenvalue weighted by Gasteiger charge is 2.22. The Morgan fingerprint density at radius 1 is 0.969 bits per heavy atom. The van der Waals surface area contributed by atoms with Crippen LogP contribution in [0, 0.1) is 11.8 Å². The maximum absolute atomic E-state index is 6.22. The van der Waals surface area contributed by atoms with Crippen LogP contribution in [-0.4, -0.2) is 13.7 Å². The monoisotopic (exact) mass is 428 g/mol. The highest BCUT2D eigenvalue weighted by atomic mass is 16.5. The van der Waals surface area contributed by atoms with Crippen LogP contribution in [0.1, 0.15) is 51.7 Å². The molecule has 0 bridgehead atoms. The molecule has 32 heavy (non-hydrogen) atoms. The first-order chi connectivity index (χ1) is 15.5. The van der Waals surface area contributed by atoms with E-state index in [-0.39, 0.29) is 5.92 Å². The molecule has 2 nitrogen and oxygen atoms in total. The highest BCUT2D eigenvalue weighted by Crippen LogP contribution is 2.32. The second-order valence-electron chi connectivity index (χ2n) is 8.60. The van der Waals surface area contributed by atoms with E-state index in [1.54, 1.807) is 7.11 Å². The first kappa shape index (κ1) is 23.7. The largest absolute Gasteiger partial charge is 0.501 e. The number of allylic oxidation sites excluding steroid dienone is 5. The molecule has 0 heterocycles. The van der Waals surface area contributed by atoms with Gasteiger partial charge in [-0.15, -0.1) is 0 Å². The van der Waals surface area contributed by atoms with Crippen molar-refractivity contribution in [1.29, 1.82) is 0 Å². The third-order valence-corrected chi connectivity index (χ3v) is 6.08. The van der Waals surface area contributed by atoms with Crippen molar-refractivity contribution in [3.05, 3.63) is 95.0 Å². The molecule has 0 saturated heterocycles. The van der Waals surface area contributed by atoms with Crippen LogP contribution >= 0.6 is 0 Å². The van der Waals surface area contributed by atoms with Gasteiger partial charge in [0, 0.05) is 12.3 Å². The van der Waals surface area contributed by atoms with Gasteiger partial charge in [-0.3, -0.25) is 0 Å². The Morgan fingerprint density at radius 3 is 2.09 bits per heavy atom. The molecule has 168 valence electrons. The zero-order valence-corrected chi connectivity index (χ0v) is 20.1. The lowest BCUT2D eigenvalue weighted by Gasteiger charge is -2.25. The first-order valence-corrected chi connectivity index (χ1v) is 11.6. The zero-order valence-electron chi connectivity index (χ0n) is 20.1. The topological polar surface area (TPSA) is 18.5 Å². The van der Waals surface area contributed by atoms with E-state index < -0.39 is 0 Å². The molecule has 1 aliphatic carbocycles. The summed E-state index contributed by atoms with van der Waals surface area (Å²) in [5.74, 6) is 2.81. The number of ether oxygens (including phenoxy) is 2. The molecular formula is C30H36O2. The SMILES string of the molecule is C/C=C/c1ccc(-c2ccc(/C=C/C3CC(OC)=C(C)C=C3OCC(C)CC)cc2)cc1. The lowest BCUT2D eigenvalue weighted by molar-refractivity contribution is 0.142. The first-order valence-electron chi connectivity index (χ1n) is 11.6. The molecule has 0 saturated carbocycles. The van der Waals surface area contributed by atoms with Gasteiger partial charge in [0.05, 0.1) is 19.5 Å². The Hall–Kier alpha value is -3.00. The van der Waals surface area contributed by atoms with Crippen LogP contribution < -0.4 is 0 Å². The van der Waals surface area contributed by atoms with Crippen LogP contribution in [0.15, 0.2) is 83.9 Å². The molecule has 2 aromatic carbocycles. The molecule has 1 aliphatic rings. The van der Waals surface area contributed by atoms with E-state index in [0.29, 0.717) is 5.92 Å².